The quantitative estimate of drug-likeness (QED) is 0.870. The monoisotopic (exact) mass is 272 g/mol. The number of para-hydroxylation sites is 1. The number of nitrogens with one attached hydrogen (secondary N) is 1. The molecule has 100 valence electrons. The number of nitrogens with two attached hydrogens (primary N) is 1. The molecular formula is C13H18ClFN2O. The summed E-state index contributed by atoms with van der Waals surface area (Å²) in [6.07, 6.45) is 3.48. The molecule has 18 heavy (non-hydrogen) atoms. The van der Waals surface area contributed by atoms with Gasteiger partial charge in [-0.05, 0) is 31.4 Å². The number of anilines is 1. The van der Waals surface area contributed by atoms with Gasteiger partial charge in [0.25, 0.3) is 0 Å². The van der Waals surface area contributed by atoms with Gasteiger partial charge in [-0.2, -0.15) is 0 Å². The Balaban J connectivity index is 0.00000162. The zero-order valence-corrected chi connectivity index (χ0v) is 10.9. The van der Waals surface area contributed by atoms with Crippen LogP contribution in [0.4, 0.5) is 10.1 Å². The lowest BCUT2D eigenvalue weighted by molar-refractivity contribution is -0.120. The Bertz CT molecular complexity index is 414. The Hall–Kier alpha value is -1.13. The van der Waals surface area contributed by atoms with E-state index in [1.165, 1.54) is 6.07 Å². The number of benzene rings is 1. The summed E-state index contributed by atoms with van der Waals surface area (Å²) < 4.78 is 13.4. The molecule has 0 aromatic heterocycles. The van der Waals surface area contributed by atoms with Gasteiger partial charge in [-0.1, -0.05) is 18.6 Å². The van der Waals surface area contributed by atoms with Gasteiger partial charge in [0.05, 0.1) is 5.69 Å². The van der Waals surface area contributed by atoms with Crippen LogP contribution in [-0.4, -0.2) is 11.9 Å². The molecule has 5 heteroatoms. The Labute approximate surface area is 112 Å². The van der Waals surface area contributed by atoms with Crippen LogP contribution in [0.15, 0.2) is 24.3 Å². The molecule has 1 saturated carbocycles. The van der Waals surface area contributed by atoms with Crippen LogP contribution >= 0.6 is 12.4 Å². The van der Waals surface area contributed by atoms with Crippen LogP contribution in [0.2, 0.25) is 0 Å². The van der Waals surface area contributed by atoms with E-state index in [1.54, 1.807) is 18.2 Å². The topological polar surface area (TPSA) is 55.1 Å². The Kier molecular flexibility index (Phi) is 5.56. The van der Waals surface area contributed by atoms with Crippen molar-refractivity contribution in [3.8, 4) is 0 Å². The predicted octanol–water partition coefficient (Wildman–Crippen LogP) is 2.70. The molecular weight excluding hydrogens is 255 g/mol. The normalized spacial score (nSPS) is 23.0. The van der Waals surface area contributed by atoms with Crippen molar-refractivity contribution in [2.45, 2.75) is 31.7 Å². The minimum atomic E-state index is -0.402. The minimum absolute atomic E-state index is 0. The molecule has 0 bridgehead atoms. The number of hydrogen-bond donors (Lipinski definition) is 2. The molecule has 1 aromatic carbocycles. The lowest BCUT2D eigenvalue weighted by Gasteiger charge is -2.25. The van der Waals surface area contributed by atoms with Crippen molar-refractivity contribution in [2.75, 3.05) is 5.32 Å². The lowest BCUT2D eigenvalue weighted by atomic mass is 9.85. The van der Waals surface area contributed by atoms with Crippen LogP contribution in [0.1, 0.15) is 25.7 Å². The van der Waals surface area contributed by atoms with Crippen LogP contribution in [-0.2, 0) is 4.79 Å². The smallest absolute Gasteiger partial charge is 0.227 e. The van der Waals surface area contributed by atoms with Gasteiger partial charge in [0.1, 0.15) is 5.82 Å². The molecule has 2 rings (SSSR count). The molecule has 1 aliphatic rings. The first-order chi connectivity index (χ1) is 8.16. The summed E-state index contributed by atoms with van der Waals surface area (Å²) in [5.41, 5.74) is 6.08. The molecule has 0 heterocycles. The molecule has 2 unspecified atom stereocenters. The number of rotatable bonds is 2. The third kappa shape index (κ3) is 3.68. The molecule has 0 aliphatic heterocycles. The van der Waals surface area contributed by atoms with Crippen LogP contribution in [0.25, 0.3) is 0 Å². The zero-order chi connectivity index (χ0) is 12.3. The SMILES string of the molecule is Cl.NC1CCCC(C(=O)Nc2ccccc2F)C1. The maximum Gasteiger partial charge on any atom is 0.227 e. The van der Waals surface area contributed by atoms with Crippen LogP contribution < -0.4 is 11.1 Å². The van der Waals surface area contributed by atoms with E-state index in [-0.39, 0.29) is 36.0 Å². The average Bonchev–Trinajstić information content (AvgIpc) is 2.32. The standard InChI is InChI=1S/C13H17FN2O.ClH/c14-11-6-1-2-7-12(11)16-13(17)9-4-3-5-10(15)8-9;/h1-2,6-7,9-10H,3-5,8,15H2,(H,16,17);1H. The van der Waals surface area contributed by atoms with Gasteiger partial charge in [0.15, 0.2) is 0 Å². The van der Waals surface area contributed by atoms with Gasteiger partial charge in [-0.25, -0.2) is 4.39 Å². The summed E-state index contributed by atoms with van der Waals surface area (Å²) in [5, 5.41) is 2.63. The summed E-state index contributed by atoms with van der Waals surface area (Å²) in [4.78, 5) is 11.9. The van der Waals surface area contributed by atoms with Crippen molar-refractivity contribution in [3.63, 3.8) is 0 Å². The highest BCUT2D eigenvalue weighted by molar-refractivity contribution is 5.92. The fourth-order valence-electron chi connectivity index (χ4n) is 2.26. The van der Waals surface area contributed by atoms with Crippen LogP contribution in [0, 0.1) is 11.7 Å². The minimum Gasteiger partial charge on any atom is -0.328 e. The Morgan fingerprint density at radius 1 is 1.33 bits per heavy atom. The molecule has 3 N–H and O–H groups in total. The van der Waals surface area contributed by atoms with Gasteiger partial charge in [0.2, 0.25) is 5.91 Å². The second-order valence-corrected chi connectivity index (χ2v) is 4.59. The van der Waals surface area contributed by atoms with Crippen molar-refractivity contribution < 1.29 is 9.18 Å². The van der Waals surface area contributed by atoms with E-state index in [9.17, 15) is 9.18 Å². The zero-order valence-electron chi connectivity index (χ0n) is 10.1. The summed E-state index contributed by atoms with van der Waals surface area (Å²) >= 11 is 0. The predicted molar refractivity (Wildman–Crippen MR) is 72.2 cm³/mol. The Morgan fingerprint density at radius 2 is 2.06 bits per heavy atom. The third-order valence-corrected chi connectivity index (χ3v) is 3.22. The first kappa shape index (κ1) is 14.9. The van der Waals surface area contributed by atoms with E-state index in [0.717, 1.165) is 19.3 Å². The van der Waals surface area contributed by atoms with Crippen molar-refractivity contribution >= 4 is 24.0 Å². The highest BCUT2D eigenvalue weighted by Crippen LogP contribution is 2.25. The largest absolute Gasteiger partial charge is 0.328 e. The lowest BCUT2D eigenvalue weighted by Crippen LogP contribution is -2.34. The van der Waals surface area contributed by atoms with Crippen LogP contribution in [0.3, 0.4) is 0 Å². The number of amides is 1. The van der Waals surface area contributed by atoms with E-state index < -0.39 is 5.82 Å². The van der Waals surface area contributed by atoms with Gasteiger partial charge in [0, 0.05) is 12.0 Å². The van der Waals surface area contributed by atoms with Gasteiger partial charge in [-0.3, -0.25) is 4.79 Å². The summed E-state index contributed by atoms with van der Waals surface area (Å²) in [6.45, 7) is 0. The van der Waals surface area contributed by atoms with Crippen molar-refractivity contribution in [1.29, 1.82) is 0 Å². The van der Waals surface area contributed by atoms with Gasteiger partial charge in [-0.15, -0.1) is 12.4 Å². The Morgan fingerprint density at radius 3 is 2.72 bits per heavy atom. The van der Waals surface area contributed by atoms with E-state index in [1.807, 2.05) is 0 Å². The molecule has 1 fully saturated rings. The molecule has 0 saturated heterocycles. The van der Waals surface area contributed by atoms with Gasteiger partial charge < -0.3 is 11.1 Å². The van der Waals surface area contributed by atoms with E-state index >= 15 is 0 Å². The molecule has 0 radical (unpaired) electrons. The summed E-state index contributed by atoms with van der Waals surface area (Å²) in [6, 6.07) is 6.30. The van der Waals surface area contributed by atoms with E-state index in [4.69, 9.17) is 5.73 Å². The number of hydrogen-bond acceptors (Lipinski definition) is 2. The van der Waals surface area contributed by atoms with Crippen molar-refractivity contribution in [2.24, 2.45) is 11.7 Å². The second kappa shape index (κ2) is 6.71. The highest BCUT2D eigenvalue weighted by atomic mass is 35.5. The summed E-state index contributed by atoms with van der Waals surface area (Å²) in [7, 11) is 0. The number of halogens is 2. The van der Waals surface area contributed by atoms with E-state index in [2.05, 4.69) is 5.32 Å². The molecule has 1 aliphatic carbocycles. The molecule has 0 spiro atoms. The second-order valence-electron chi connectivity index (χ2n) is 4.59. The maximum absolute atomic E-state index is 13.4. The molecule has 2 atom stereocenters. The van der Waals surface area contributed by atoms with E-state index in [0.29, 0.717) is 6.42 Å². The summed E-state index contributed by atoms with van der Waals surface area (Å²) in [5.74, 6) is -0.607. The fourth-order valence-corrected chi connectivity index (χ4v) is 2.26. The molecule has 3 nitrogen and oxygen atoms in total. The molecule has 1 aromatic rings. The van der Waals surface area contributed by atoms with Crippen molar-refractivity contribution in [3.05, 3.63) is 30.1 Å². The van der Waals surface area contributed by atoms with Crippen molar-refractivity contribution in [1.82, 2.24) is 0 Å². The maximum atomic E-state index is 13.4. The number of carbonyl (C=O) groups excluding carboxylic acids is 1. The number of carbonyl (C=O) groups is 1. The third-order valence-electron chi connectivity index (χ3n) is 3.22. The van der Waals surface area contributed by atoms with Crippen LogP contribution in [0.5, 0.6) is 0 Å². The average molecular weight is 273 g/mol. The first-order valence-electron chi connectivity index (χ1n) is 5.98. The fraction of sp³-hybridized carbons (Fsp3) is 0.462. The van der Waals surface area contributed by atoms with Gasteiger partial charge >= 0.3 is 0 Å². The first-order valence-corrected chi connectivity index (χ1v) is 5.98. The molecule has 1 amide bonds. The highest BCUT2D eigenvalue weighted by Gasteiger charge is 2.25.